The molecule has 0 unspecified atom stereocenters. The van der Waals surface area contributed by atoms with Gasteiger partial charge < -0.3 is 10.2 Å². The van der Waals surface area contributed by atoms with Crippen LogP contribution in [-0.2, 0) is 14.8 Å². The predicted molar refractivity (Wildman–Crippen MR) is 92.4 cm³/mol. The molecular formula is C16H22ClN3O3S. The number of rotatable bonds is 3. The van der Waals surface area contributed by atoms with E-state index in [-0.39, 0.29) is 16.7 Å². The first-order chi connectivity index (χ1) is 11.5. The van der Waals surface area contributed by atoms with Crippen molar-refractivity contribution in [2.75, 3.05) is 39.3 Å². The summed E-state index contributed by atoms with van der Waals surface area (Å²) in [5, 5.41) is 3.74. The molecule has 132 valence electrons. The van der Waals surface area contributed by atoms with Gasteiger partial charge in [0, 0.05) is 50.2 Å². The number of piperazine rings is 1. The Morgan fingerprint density at radius 2 is 1.62 bits per heavy atom. The Labute approximate surface area is 147 Å². The molecule has 1 aromatic carbocycles. The van der Waals surface area contributed by atoms with Crippen molar-refractivity contribution < 1.29 is 13.2 Å². The molecule has 1 N–H and O–H groups in total. The van der Waals surface area contributed by atoms with Crippen molar-refractivity contribution in [2.24, 2.45) is 5.92 Å². The van der Waals surface area contributed by atoms with Gasteiger partial charge in [-0.05, 0) is 37.1 Å². The van der Waals surface area contributed by atoms with Crippen LogP contribution in [0.4, 0.5) is 0 Å². The van der Waals surface area contributed by atoms with Crippen molar-refractivity contribution in [3.63, 3.8) is 0 Å². The maximum absolute atomic E-state index is 12.7. The third kappa shape index (κ3) is 3.74. The van der Waals surface area contributed by atoms with Crippen LogP contribution in [0.3, 0.4) is 0 Å². The van der Waals surface area contributed by atoms with Crippen molar-refractivity contribution in [1.82, 2.24) is 14.5 Å². The summed E-state index contributed by atoms with van der Waals surface area (Å²) in [6.45, 7) is 3.90. The van der Waals surface area contributed by atoms with E-state index < -0.39 is 10.0 Å². The molecule has 2 aliphatic heterocycles. The number of nitrogens with one attached hydrogen (secondary N) is 1. The van der Waals surface area contributed by atoms with Gasteiger partial charge in [0.25, 0.3) is 0 Å². The van der Waals surface area contributed by atoms with Crippen LogP contribution >= 0.6 is 11.6 Å². The monoisotopic (exact) mass is 371 g/mol. The normalized spacial score (nSPS) is 21.0. The summed E-state index contributed by atoms with van der Waals surface area (Å²) in [5.74, 6) is 0.0970. The number of carbonyl (C=O) groups excluding carboxylic acids is 1. The number of hydrogen-bond donors (Lipinski definition) is 1. The van der Waals surface area contributed by atoms with E-state index >= 15 is 0 Å². The summed E-state index contributed by atoms with van der Waals surface area (Å²) in [6.07, 6.45) is 1.16. The van der Waals surface area contributed by atoms with E-state index in [1.165, 1.54) is 16.4 Å². The Bertz CT molecular complexity index is 679. The highest BCUT2D eigenvalue weighted by molar-refractivity contribution is 7.89. The van der Waals surface area contributed by atoms with Crippen molar-refractivity contribution in [1.29, 1.82) is 0 Å². The van der Waals surface area contributed by atoms with Crippen LogP contribution in [-0.4, -0.2) is 62.8 Å². The number of amides is 1. The molecule has 0 aromatic heterocycles. The molecule has 0 saturated carbocycles. The number of nitrogens with zero attached hydrogens (tertiary/aromatic N) is 2. The second-order valence-corrected chi connectivity index (χ2v) is 8.58. The zero-order valence-corrected chi connectivity index (χ0v) is 15.0. The lowest BCUT2D eigenvalue weighted by molar-refractivity contribution is -0.137. The second kappa shape index (κ2) is 7.39. The SMILES string of the molecule is O=C(C1CCN(S(=O)(=O)c2ccc(Cl)cc2)CC1)N1CCNCC1. The molecule has 0 aliphatic carbocycles. The van der Waals surface area contributed by atoms with Gasteiger partial charge in [0.2, 0.25) is 15.9 Å². The maximum Gasteiger partial charge on any atom is 0.243 e. The van der Waals surface area contributed by atoms with Crippen LogP contribution in [0, 0.1) is 5.92 Å². The molecule has 24 heavy (non-hydrogen) atoms. The van der Waals surface area contributed by atoms with Gasteiger partial charge in [-0.3, -0.25) is 4.79 Å². The molecule has 1 aromatic rings. The summed E-state index contributed by atoms with van der Waals surface area (Å²) < 4.78 is 26.8. The van der Waals surface area contributed by atoms with Crippen LogP contribution in [0.1, 0.15) is 12.8 Å². The lowest BCUT2D eigenvalue weighted by Gasteiger charge is -2.35. The average Bonchev–Trinajstić information content (AvgIpc) is 2.62. The average molecular weight is 372 g/mol. The predicted octanol–water partition coefficient (Wildman–Crippen LogP) is 1.17. The minimum Gasteiger partial charge on any atom is -0.340 e. The Kier molecular flexibility index (Phi) is 5.44. The first kappa shape index (κ1) is 17.7. The zero-order chi connectivity index (χ0) is 17.2. The molecular weight excluding hydrogens is 350 g/mol. The van der Waals surface area contributed by atoms with Gasteiger partial charge in [-0.2, -0.15) is 4.31 Å². The molecule has 2 aliphatic rings. The number of benzene rings is 1. The van der Waals surface area contributed by atoms with E-state index in [1.54, 1.807) is 12.1 Å². The van der Waals surface area contributed by atoms with Crippen molar-refractivity contribution in [3.8, 4) is 0 Å². The van der Waals surface area contributed by atoms with E-state index in [4.69, 9.17) is 11.6 Å². The topological polar surface area (TPSA) is 69.7 Å². The summed E-state index contributed by atoms with van der Waals surface area (Å²) in [4.78, 5) is 14.7. The highest BCUT2D eigenvalue weighted by atomic mass is 35.5. The molecule has 0 bridgehead atoms. The number of piperidine rings is 1. The molecule has 6 nitrogen and oxygen atoms in total. The van der Waals surface area contributed by atoms with Gasteiger partial charge in [-0.15, -0.1) is 0 Å². The van der Waals surface area contributed by atoms with Gasteiger partial charge in [-0.1, -0.05) is 11.6 Å². The third-order valence-corrected chi connectivity index (χ3v) is 6.85. The van der Waals surface area contributed by atoms with Gasteiger partial charge in [-0.25, -0.2) is 8.42 Å². The fourth-order valence-electron chi connectivity index (χ4n) is 3.24. The molecule has 0 radical (unpaired) electrons. The first-order valence-corrected chi connectivity index (χ1v) is 10.1. The summed E-state index contributed by atoms with van der Waals surface area (Å²) in [6, 6.07) is 6.20. The third-order valence-electron chi connectivity index (χ3n) is 4.68. The highest BCUT2D eigenvalue weighted by Crippen LogP contribution is 2.26. The number of hydrogen-bond acceptors (Lipinski definition) is 4. The Hall–Kier alpha value is -1.15. The molecule has 2 heterocycles. The fourth-order valence-corrected chi connectivity index (χ4v) is 4.84. The Balaban J connectivity index is 1.62. The molecule has 0 atom stereocenters. The lowest BCUT2D eigenvalue weighted by Crippen LogP contribution is -2.50. The highest BCUT2D eigenvalue weighted by Gasteiger charge is 2.34. The quantitative estimate of drug-likeness (QED) is 0.866. The van der Waals surface area contributed by atoms with Gasteiger partial charge in [0.1, 0.15) is 0 Å². The maximum atomic E-state index is 12.7. The van der Waals surface area contributed by atoms with Crippen LogP contribution in [0.2, 0.25) is 5.02 Å². The molecule has 8 heteroatoms. The van der Waals surface area contributed by atoms with Crippen LogP contribution in [0.5, 0.6) is 0 Å². The number of carbonyl (C=O) groups is 1. The van der Waals surface area contributed by atoms with Crippen LogP contribution in [0.15, 0.2) is 29.2 Å². The minimum atomic E-state index is -3.51. The van der Waals surface area contributed by atoms with E-state index in [9.17, 15) is 13.2 Å². The van der Waals surface area contributed by atoms with Gasteiger partial charge in [0.15, 0.2) is 0 Å². The summed E-state index contributed by atoms with van der Waals surface area (Å²) in [5.41, 5.74) is 0. The van der Waals surface area contributed by atoms with Gasteiger partial charge >= 0.3 is 0 Å². The van der Waals surface area contributed by atoms with Gasteiger partial charge in [0.05, 0.1) is 4.90 Å². The lowest BCUT2D eigenvalue weighted by atomic mass is 9.96. The summed E-state index contributed by atoms with van der Waals surface area (Å²) in [7, 11) is -3.51. The fraction of sp³-hybridized carbons (Fsp3) is 0.562. The van der Waals surface area contributed by atoms with Crippen molar-refractivity contribution in [3.05, 3.63) is 29.3 Å². The molecule has 1 amide bonds. The standard InChI is InChI=1S/C16H22ClN3O3S/c17-14-1-3-15(4-2-14)24(22,23)20-9-5-13(6-10-20)16(21)19-11-7-18-8-12-19/h1-4,13,18H,5-12H2. The largest absolute Gasteiger partial charge is 0.340 e. The second-order valence-electron chi connectivity index (χ2n) is 6.21. The molecule has 0 spiro atoms. The van der Waals surface area contributed by atoms with E-state index in [0.29, 0.717) is 31.0 Å². The molecule has 2 fully saturated rings. The van der Waals surface area contributed by atoms with Crippen LogP contribution < -0.4 is 5.32 Å². The Morgan fingerprint density at radius 3 is 2.21 bits per heavy atom. The Morgan fingerprint density at radius 1 is 1.04 bits per heavy atom. The smallest absolute Gasteiger partial charge is 0.243 e. The van der Waals surface area contributed by atoms with Crippen LogP contribution in [0.25, 0.3) is 0 Å². The zero-order valence-electron chi connectivity index (χ0n) is 13.4. The van der Waals surface area contributed by atoms with E-state index in [1.807, 2.05) is 4.90 Å². The first-order valence-electron chi connectivity index (χ1n) is 8.24. The minimum absolute atomic E-state index is 0.0697. The number of sulfonamides is 1. The number of halogens is 1. The van der Waals surface area contributed by atoms with E-state index in [2.05, 4.69) is 5.32 Å². The summed E-state index contributed by atoms with van der Waals surface area (Å²) >= 11 is 5.82. The van der Waals surface area contributed by atoms with E-state index in [0.717, 1.165) is 26.2 Å². The van der Waals surface area contributed by atoms with Crippen molar-refractivity contribution in [2.45, 2.75) is 17.7 Å². The molecule has 3 rings (SSSR count). The van der Waals surface area contributed by atoms with Crippen molar-refractivity contribution >= 4 is 27.5 Å². The molecule has 2 saturated heterocycles.